The van der Waals surface area contributed by atoms with Crippen molar-refractivity contribution in [1.82, 2.24) is 15.1 Å². The maximum Gasteiger partial charge on any atom is 0.241 e. The molecule has 0 aliphatic heterocycles. The molecule has 4 nitrogen and oxygen atoms in total. The van der Waals surface area contributed by atoms with Gasteiger partial charge in [-0.1, -0.05) is 24.4 Å². The van der Waals surface area contributed by atoms with E-state index in [0.29, 0.717) is 17.0 Å². The number of carbonyl (C=O) groups excluding carboxylic acids is 1. The number of halogens is 1. The third-order valence-corrected chi connectivity index (χ3v) is 4.99. The predicted molar refractivity (Wildman–Crippen MR) is 74.0 cm³/mol. The van der Waals surface area contributed by atoms with Crippen molar-refractivity contribution in [2.75, 3.05) is 0 Å². The molecule has 0 spiro atoms. The van der Waals surface area contributed by atoms with Gasteiger partial charge in [0, 0.05) is 12.2 Å². The maximum atomic E-state index is 12.1. The highest BCUT2D eigenvalue weighted by molar-refractivity contribution is 6.31. The number of rotatable bonds is 3. The van der Waals surface area contributed by atoms with Gasteiger partial charge in [0.15, 0.2) is 0 Å². The molecule has 104 valence electrons. The Bertz CT molecular complexity index is 466. The second-order valence-electron chi connectivity index (χ2n) is 5.87. The minimum Gasteiger partial charge on any atom is -0.351 e. The van der Waals surface area contributed by atoms with E-state index in [0.717, 1.165) is 18.0 Å². The highest BCUT2D eigenvalue weighted by Crippen LogP contribution is 2.43. The summed E-state index contributed by atoms with van der Waals surface area (Å²) in [7, 11) is 0. The van der Waals surface area contributed by atoms with E-state index in [4.69, 9.17) is 11.6 Å². The number of nitrogens with zero attached hydrogens (tertiary/aromatic N) is 2. The lowest BCUT2D eigenvalue weighted by Crippen LogP contribution is -2.39. The first-order valence-corrected chi connectivity index (χ1v) is 7.50. The van der Waals surface area contributed by atoms with Crippen molar-refractivity contribution >= 4 is 17.5 Å². The van der Waals surface area contributed by atoms with Crippen molar-refractivity contribution in [2.45, 2.75) is 51.6 Å². The SMILES string of the molecule is Cc1nn(CC(=O)N[C@H]2CC[C@@H]3CCC[C@@H]32)cc1Cl. The Kier molecular flexibility index (Phi) is 3.52. The van der Waals surface area contributed by atoms with Crippen molar-refractivity contribution in [3.8, 4) is 0 Å². The van der Waals surface area contributed by atoms with E-state index in [2.05, 4.69) is 10.4 Å². The van der Waals surface area contributed by atoms with Crippen LogP contribution in [0.3, 0.4) is 0 Å². The first-order chi connectivity index (χ1) is 9.13. The fourth-order valence-electron chi connectivity index (χ4n) is 3.71. The lowest BCUT2D eigenvalue weighted by atomic mass is 9.98. The van der Waals surface area contributed by atoms with Crippen LogP contribution in [0.25, 0.3) is 0 Å². The fraction of sp³-hybridized carbons (Fsp3) is 0.714. The largest absolute Gasteiger partial charge is 0.351 e. The lowest BCUT2D eigenvalue weighted by molar-refractivity contribution is -0.122. The van der Waals surface area contributed by atoms with E-state index in [1.54, 1.807) is 10.9 Å². The first-order valence-electron chi connectivity index (χ1n) is 7.12. The summed E-state index contributed by atoms with van der Waals surface area (Å²) < 4.78 is 1.62. The van der Waals surface area contributed by atoms with Gasteiger partial charge < -0.3 is 5.32 Å². The summed E-state index contributed by atoms with van der Waals surface area (Å²) in [5, 5.41) is 8.02. The zero-order chi connectivity index (χ0) is 13.4. The summed E-state index contributed by atoms with van der Waals surface area (Å²) in [6.45, 7) is 2.11. The molecule has 3 rings (SSSR count). The average Bonchev–Trinajstić information content (AvgIpc) is 2.99. The number of amides is 1. The Morgan fingerprint density at radius 1 is 1.47 bits per heavy atom. The van der Waals surface area contributed by atoms with Gasteiger partial charge >= 0.3 is 0 Å². The van der Waals surface area contributed by atoms with Gasteiger partial charge in [-0.2, -0.15) is 5.10 Å². The smallest absolute Gasteiger partial charge is 0.241 e. The van der Waals surface area contributed by atoms with Crippen LogP contribution in [-0.2, 0) is 11.3 Å². The van der Waals surface area contributed by atoms with E-state index in [1.165, 1.54) is 25.7 Å². The van der Waals surface area contributed by atoms with Crippen LogP contribution in [0.15, 0.2) is 6.20 Å². The molecule has 2 fully saturated rings. The summed E-state index contributed by atoms with van der Waals surface area (Å²) in [6.07, 6.45) is 8.09. The molecule has 1 aromatic rings. The standard InChI is InChI=1S/C14H20ClN3O/c1-9-12(15)7-18(17-9)8-14(19)16-13-6-5-10-3-2-4-11(10)13/h7,10-11,13H,2-6,8H2,1H3,(H,16,19)/t10-,11-,13-/m0/s1. The molecule has 2 saturated carbocycles. The van der Waals surface area contributed by atoms with Gasteiger partial charge in [0.2, 0.25) is 5.91 Å². The van der Waals surface area contributed by atoms with Crippen molar-refractivity contribution in [2.24, 2.45) is 11.8 Å². The fourth-order valence-corrected chi connectivity index (χ4v) is 3.87. The van der Waals surface area contributed by atoms with E-state index in [1.807, 2.05) is 6.92 Å². The second kappa shape index (κ2) is 5.16. The predicted octanol–water partition coefficient (Wildman–Crippen LogP) is 2.54. The Morgan fingerprint density at radius 3 is 3.05 bits per heavy atom. The van der Waals surface area contributed by atoms with Gasteiger partial charge in [-0.3, -0.25) is 9.48 Å². The zero-order valence-electron chi connectivity index (χ0n) is 11.2. The van der Waals surface area contributed by atoms with Crippen LogP contribution in [-0.4, -0.2) is 21.7 Å². The summed E-state index contributed by atoms with van der Waals surface area (Å²) in [5.41, 5.74) is 0.770. The number of fused-ring (bicyclic) bond motifs is 1. The third kappa shape index (κ3) is 2.64. The number of hydrogen-bond acceptors (Lipinski definition) is 2. The minimum atomic E-state index is 0.0525. The van der Waals surface area contributed by atoms with Crippen LogP contribution >= 0.6 is 11.6 Å². The van der Waals surface area contributed by atoms with Gasteiger partial charge in [-0.15, -0.1) is 0 Å². The molecule has 3 atom stereocenters. The van der Waals surface area contributed by atoms with Gasteiger partial charge in [-0.25, -0.2) is 0 Å². The Balaban J connectivity index is 1.56. The molecule has 1 heterocycles. The summed E-state index contributed by atoms with van der Waals surface area (Å²) >= 11 is 5.94. The molecule has 5 heteroatoms. The molecule has 1 aromatic heterocycles. The van der Waals surface area contributed by atoms with Gasteiger partial charge in [-0.05, 0) is 38.0 Å². The molecule has 0 bridgehead atoms. The molecule has 2 aliphatic carbocycles. The van der Waals surface area contributed by atoms with Crippen LogP contribution in [0.2, 0.25) is 5.02 Å². The highest BCUT2D eigenvalue weighted by Gasteiger charge is 2.39. The summed E-state index contributed by atoms with van der Waals surface area (Å²) in [5.74, 6) is 1.62. The topological polar surface area (TPSA) is 46.9 Å². The summed E-state index contributed by atoms with van der Waals surface area (Å²) in [6, 6.07) is 0.382. The Morgan fingerprint density at radius 2 is 2.32 bits per heavy atom. The molecular weight excluding hydrogens is 262 g/mol. The van der Waals surface area contributed by atoms with E-state index < -0.39 is 0 Å². The number of aromatic nitrogens is 2. The normalized spacial score (nSPS) is 29.5. The number of carbonyl (C=O) groups is 1. The molecule has 0 aromatic carbocycles. The maximum absolute atomic E-state index is 12.1. The van der Waals surface area contributed by atoms with Gasteiger partial charge in [0.05, 0.1) is 10.7 Å². The summed E-state index contributed by atoms with van der Waals surface area (Å²) in [4.78, 5) is 12.1. The van der Waals surface area contributed by atoms with Crippen molar-refractivity contribution in [3.63, 3.8) is 0 Å². The van der Waals surface area contributed by atoms with Crippen LogP contribution in [0, 0.1) is 18.8 Å². The van der Waals surface area contributed by atoms with Crippen LogP contribution in [0.5, 0.6) is 0 Å². The molecule has 19 heavy (non-hydrogen) atoms. The average molecular weight is 282 g/mol. The molecule has 1 amide bonds. The Hall–Kier alpha value is -1.03. The molecule has 0 unspecified atom stereocenters. The van der Waals surface area contributed by atoms with E-state index in [-0.39, 0.29) is 12.5 Å². The number of aryl methyl sites for hydroxylation is 1. The lowest BCUT2D eigenvalue weighted by Gasteiger charge is -2.19. The van der Waals surface area contributed by atoms with Crippen molar-refractivity contribution in [3.05, 3.63) is 16.9 Å². The highest BCUT2D eigenvalue weighted by atomic mass is 35.5. The van der Waals surface area contributed by atoms with E-state index in [9.17, 15) is 4.79 Å². The van der Waals surface area contributed by atoms with Gasteiger partial charge in [0.1, 0.15) is 6.54 Å². The monoisotopic (exact) mass is 281 g/mol. The molecule has 2 aliphatic rings. The van der Waals surface area contributed by atoms with E-state index >= 15 is 0 Å². The Labute approximate surface area is 118 Å². The second-order valence-corrected chi connectivity index (χ2v) is 6.27. The zero-order valence-corrected chi connectivity index (χ0v) is 12.0. The molecule has 0 saturated heterocycles. The van der Waals surface area contributed by atoms with Crippen LogP contribution < -0.4 is 5.32 Å². The molecule has 1 N–H and O–H groups in total. The first kappa shape index (κ1) is 13.0. The van der Waals surface area contributed by atoms with Gasteiger partial charge in [0.25, 0.3) is 0 Å². The van der Waals surface area contributed by atoms with Crippen LogP contribution in [0.1, 0.15) is 37.8 Å². The van der Waals surface area contributed by atoms with Crippen molar-refractivity contribution < 1.29 is 4.79 Å². The quantitative estimate of drug-likeness (QED) is 0.925. The number of nitrogens with one attached hydrogen (secondary N) is 1. The third-order valence-electron chi connectivity index (χ3n) is 4.62. The molecular formula is C14H20ClN3O. The van der Waals surface area contributed by atoms with Crippen LogP contribution in [0.4, 0.5) is 0 Å². The van der Waals surface area contributed by atoms with Crippen molar-refractivity contribution in [1.29, 1.82) is 0 Å². The minimum absolute atomic E-state index is 0.0525. The molecule has 0 radical (unpaired) electrons. The number of hydrogen-bond donors (Lipinski definition) is 1.